The second-order valence-corrected chi connectivity index (χ2v) is 11.9. The van der Waals surface area contributed by atoms with E-state index in [2.05, 4.69) is 161 Å². The molecule has 0 aliphatic carbocycles. The monoisotopic (exact) mass is 586 g/mol. The van der Waals surface area contributed by atoms with E-state index in [-0.39, 0.29) is 0 Å². The van der Waals surface area contributed by atoms with Crippen LogP contribution in [0, 0.1) is 0 Å². The normalized spacial score (nSPS) is 11.9. The lowest BCUT2D eigenvalue weighted by Gasteiger charge is -2.14. The van der Waals surface area contributed by atoms with Crippen molar-refractivity contribution in [1.29, 1.82) is 0 Å². The fraction of sp³-hybridized carbons (Fsp3) is 0. The number of para-hydroxylation sites is 3. The van der Waals surface area contributed by atoms with E-state index in [9.17, 15) is 0 Å². The van der Waals surface area contributed by atoms with Crippen molar-refractivity contribution in [2.75, 3.05) is 0 Å². The third-order valence-electron chi connectivity index (χ3n) is 9.33. The smallest absolute Gasteiger partial charge is 0.138 e. The van der Waals surface area contributed by atoms with Gasteiger partial charge in [0.2, 0.25) is 0 Å². The lowest BCUT2D eigenvalue weighted by molar-refractivity contribution is 1.18. The summed E-state index contributed by atoms with van der Waals surface area (Å²) in [5.41, 5.74) is 10.8. The summed E-state index contributed by atoms with van der Waals surface area (Å²) in [6.07, 6.45) is 0. The van der Waals surface area contributed by atoms with Gasteiger partial charge in [-0.25, -0.2) is 9.97 Å². The van der Waals surface area contributed by atoms with E-state index in [1.165, 1.54) is 21.8 Å². The van der Waals surface area contributed by atoms with Crippen LogP contribution in [-0.2, 0) is 0 Å². The number of hydrogen-bond donors (Lipinski definition) is 1. The van der Waals surface area contributed by atoms with Crippen molar-refractivity contribution >= 4 is 65.4 Å². The first-order chi connectivity index (χ1) is 22.8. The molecule has 0 fully saturated rings. The lowest BCUT2D eigenvalue weighted by Crippen LogP contribution is -1.93. The molecule has 0 amide bonds. The number of rotatable bonds is 3. The van der Waals surface area contributed by atoms with Crippen molar-refractivity contribution in [3.05, 3.63) is 152 Å². The number of hydrogen-bond acceptors (Lipinski definition) is 2. The van der Waals surface area contributed by atoms with Gasteiger partial charge in [0.25, 0.3) is 0 Å². The van der Waals surface area contributed by atoms with Crippen molar-refractivity contribution in [1.82, 2.24) is 19.5 Å². The number of nitrogens with zero attached hydrogens (tertiary/aromatic N) is 3. The number of pyridine rings is 1. The van der Waals surface area contributed by atoms with Crippen molar-refractivity contribution in [3.8, 4) is 28.2 Å². The van der Waals surface area contributed by atoms with Gasteiger partial charge in [-0.15, -0.1) is 0 Å². The van der Waals surface area contributed by atoms with E-state index >= 15 is 0 Å². The standard InChI is InChI=1S/C42H26N4/c1-2-12-26(13-3-1)37-33-18-6-9-19-34(33)43-39-31-16-4-5-17-32(31)40-41(38(37)39)45-42(44-40)27-22-24-28(25-23-27)46-35-20-10-7-14-29(35)30-15-8-11-21-36(30)46/h1-25H,(H,44,45). The topological polar surface area (TPSA) is 46.5 Å². The predicted molar refractivity (Wildman–Crippen MR) is 192 cm³/mol. The van der Waals surface area contributed by atoms with Gasteiger partial charge in [-0.2, -0.15) is 0 Å². The first-order valence-electron chi connectivity index (χ1n) is 15.6. The van der Waals surface area contributed by atoms with Gasteiger partial charge in [-0.1, -0.05) is 109 Å². The molecule has 0 bridgehead atoms. The molecule has 3 aromatic heterocycles. The van der Waals surface area contributed by atoms with Gasteiger partial charge in [0.15, 0.2) is 0 Å². The molecule has 0 radical (unpaired) electrons. The maximum Gasteiger partial charge on any atom is 0.138 e. The van der Waals surface area contributed by atoms with E-state index in [0.29, 0.717) is 0 Å². The Bertz CT molecular complexity index is 2730. The summed E-state index contributed by atoms with van der Waals surface area (Å²) in [7, 11) is 0. The minimum absolute atomic E-state index is 0.841. The van der Waals surface area contributed by atoms with Gasteiger partial charge in [0.05, 0.1) is 33.1 Å². The second-order valence-electron chi connectivity index (χ2n) is 11.9. The summed E-state index contributed by atoms with van der Waals surface area (Å²) in [4.78, 5) is 14.3. The average molecular weight is 587 g/mol. The largest absolute Gasteiger partial charge is 0.337 e. The van der Waals surface area contributed by atoms with Crippen LogP contribution in [0.2, 0.25) is 0 Å². The molecule has 0 spiro atoms. The van der Waals surface area contributed by atoms with Crippen molar-refractivity contribution < 1.29 is 0 Å². The van der Waals surface area contributed by atoms with E-state index in [1.54, 1.807) is 0 Å². The summed E-state index contributed by atoms with van der Waals surface area (Å²) in [5.74, 6) is 0.841. The lowest BCUT2D eigenvalue weighted by atomic mass is 9.93. The number of aromatic nitrogens is 4. The molecule has 10 aromatic rings. The second kappa shape index (κ2) is 9.62. The third-order valence-corrected chi connectivity index (χ3v) is 9.33. The Morgan fingerprint density at radius 2 is 1.02 bits per heavy atom. The quantitative estimate of drug-likeness (QED) is 0.165. The first kappa shape index (κ1) is 25.1. The fourth-order valence-electron chi connectivity index (χ4n) is 7.30. The van der Waals surface area contributed by atoms with Crippen LogP contribution in [-0.4, -0.2) is 19.5 Å². The number of H-pyrrole nitrogens is 1. The van der Waals surface area contributed by atoms with Crippen LogP contribution in [0.4, 0.5) is 0 Å². The molecule has 10 rings (SSSR count). The summed E-state index contributed by atoms with van der Waals surface area (Å²) in [6.45, 7) is 0. The Labute approximate surface area is 264 Å². The van der Waals surface area contributed by atoms with Gasteiger partial charge in [0.1, 0.15) is 5.82 Å². The molecule has 214 valence electrons. The maximum absolute atomic E-state index is 5.34. The Kier molecular flexibility index (Phi) is 5.25. The van der Waals surface area contributed by atoms with E-state index in [1.807, 2.05) is 0 Å². The maximum atomic E-state index is 5.34. The molecule has 0 unspecified atom stereocenters. The van der Waals surface area contributed by atoms with Crippen LogP contribution >= 0.6 is 0 Å². The highest BCUT2D eigenvalue weighted by atomic mass is 15.0. The van der Waals surface area contributed by atoms with Crippen LogP contribution in [0.25, 0.3) is 93.6 Å². The summed E-state index contributed by atoms with van der Waals surface area (Å²) in [6, 6.07) is 53.6. The zero-order chi connectivity index (χ0) is 30.2. The average Bonchev–Trinajstić information content (AvgIpc) is 3.72. The minimum Gasteiger partial charge on any atom is -0.337 e. The number of benzene rings is 7. The predicted octanol–water partition coefficient (Wildman–Crippen LogP) is 10.8. The van der Waals surface area contributed by atoms with Crippen LogP contribution in [0.5, 0.6) is 0 Å². The number of fused-ring (bicyclic) bond motifs is 10. The highest BCUT2D eigenvalue weighted by Crippen LogP contribution is 2.42. The third kappa shape index (κ3) is 3.55. The van der Waals surface area contributed by atoms with E-state index in [4.69, 9.17) is 9.97 Å². The SMILES string of the molecule is c1ccc(-c2c3ccccc3nc3c4ccccc4c4[nH]c(-c5ccc(-n6c7ccccc7c7ccccc76)cc5)nc4c23)cc1. The molecule has 3 heterocycles. The molecule has 7 aromatic carbocycles. The Balaban J connectivity index is 1.23. The molecular weight excluding hydrogens is 560 g/mol. The van der Waals surface area contributed by atoms with Crippen molar-refractivity contribution in [2.45, 2.75) is 0 Å². The van der Waals surface area contributed by atoms with Crippen molar-refractivity contribution in [2.24, 2.45) is 0 Å². The van der Waals surface area contributed by atoms with Gasteiger partial charge in [0, 0.05) is 49.1 Å². The van der Waals surface area contributed by atoms with Crippen LogP contribution in [0.15, 0.2) is 152 Å². The molecule has 0 aliphatic heterocycles. The van der Waals surface area contributed by atoms with Crippen LogP contribution < -0.4 is 0 Å². The first-order valence-corrected chi connectivity index (χ1v) is 15.6. The molecular formula is C42H26N4. The number of nitrogens with one attached hydrogen (secondary N) is 1. The Morgan fingerprint density at radius 1 is 0.435 bits per heavy atom. The van der Waals surface area contributed by atoms with Crippen LogP contribution in [0.3, 0.4) is 0 Å². The molecule has 0 atom stereocenters. The molecule has 1 N–H and O–H groups in total. The Hall–Kier alpha value is -6.26. The van der Waals surface area contributed by atoms with Gasteiger partial charge in [-0.05, 0) is 48.0 Å². The number of imidazole rings is 1. The summed E-state index contributed by atoms with van der Waals surface area (Å²) in [5, 5.41) is 6.94. The van der Waals surface area contributed by atoms with Crippen molar-refractivity contribution in [3.63, 3.8) is 0 Å². The molecule has 4 nitrogen and oxygen atoms in total. The van der Waals surface area contributed by atoms with Gasteiger partial charge < -0.3 is 9.55 Å². The zero-order valence-electron chi connectivity index (χ0n) is 24.8. The molecule has 4 heteroatoms. The summed E-state index contributed by atoms with van der Waals surface area (Å²) >= 11 is 0. The molecule has 0 saturated heterocycles. The zero-order valence-corrected chi connectivity index (χ0v) is 24.8. The minimum atomic E-state index is 0.841. The Morgan fingerprint density at radius 3 is 1.74 bits per heavy atom. The molecule has 46 heavy (non-hydrogen) atoms. The van der Waals surface area contributed by atoms with Gasteiger partial charge in [-0.3, -0.25) is 0 Å². The molecule has 0 saturated carbocycles. The summed E-state index contributed by atoms with van der Waals surface area (Å²) < 4.78 is 2.34. The van der Waals surface area contributed by atoms with E-state index in [0.717, 1.165) is 71.8 Å². The molecule has 0 aliphatic rings. The van der Waals surface area contributed by atoms with E-state index < -0.39 is 0 Å². The fourth-order valence-corrected chi connectivity index (χ4v) is 7.30. The van der Waals surface area contributed by atoms with Crippen LogP contribution in [0.1, 0.15) is 0 Å². The highest BCUT2D eigenvalue weighted by molar-refractivity contribution is 6.29. The van der Waals surface area contributed by atoms with Gasteiger partial charge >= 0.3 is 0 Å². The number of aromatic amines is 1. The highest BCUT2D eigenvalue weighted by Gasteiger charge is 2.21.